The molecule has 0 spiro atoms. The third-order valence-electron chi connectivity index (χ3n) is 4.89. The maximum absolute atomic E-state index is 13.1. The fourth-order valence-corrected chi connectivity index (χ4v) is 5.92. The van der Waals surface area contributed by atoms with Crippen molar-refractivity contribution in [2.45, 2.75) is 22.6 Å². The zero-order valence-electron chi connectivity index (χ0n) is 17.3. The summed E-state index contributed by atoms with van der Waals surface area (Å²) in [5, 5.41) is 7.41. The molecule has 0 radical (unpaired) electrons. The summed E-state index contributed by atoms with van der Waals surface area (Å²) in [5.41, 5.74) is 1.41. The van der Waals surface area contributed by atoms with Gasteiger partial charge in [-0.2, -0.15) is 8.42 Å². The Balaban J connectivity index is 2.02. The van der Waals surface area contributed by atoms with Crippen molar-refractivity contribution >= 4 is 66.5 Å². The predicted octanol–water partition coefficient (Wildman–Crippen LogP) is 4.95. The number of sulfonamides is 1. The van der Waals surface area contributed by atoms with Crippen LogP contribution in [0.2, 0.25) is 15.1 Å². The van der Waals surface area contributed by atoms with Crippen molar-refractivity contribution in [1.29, 1.82) is 0 Å². The minimum absolute atomic E-state index is 0.0920. The molecule has 13 heteroatoms. The van der Waals surface area contributed by atoms with E-state index in [1.807, 2.05) is 0 Å². The maximum Gasteiger partial charge on any atom is 0.296 e. The van der Waals surface area contributed by atoms with Crippen molar-refractivity contribution in [2.75, 3.05) is 5.32 Å². The lowest BCUT2D eigenvalue weighted by Gasteiger charge is -2.18. The van der Waals surface area contributed by atoms with Crippen molar-refractivity contribution in [3.63, 3.8) is 0 Å². The van der Waals surface area contributed by atoms with Crippen molar-refractivity contribution < 1.29 is 26.2 Å². The molecule has 3 aromatic carbocycles. The Morgan fingerprint density at radius 1 is 0.971 bits per heavy atom. The second-order valence-corrected chi connectivity index (χ2v) is 11.4. The summed E-state index contributed by atoms with van der Waals surface area (Å²) in [7, 11) is -8.79. The standard InChI is InChI=1S/C21H17Cl3N2O6S2/c1-11(21(27)26-18-10-13(22)9-17(24)20(18)33(25,28)29)14-4-2-3-5-15(14)12-6-7-19(16(23)8-12)34(30,31)32/h2-11H,1H3,(H,26,27)(H2,25,28,29)(H,30,31,32). The highest BCUT2D eigenvalue weighted by molar-refractivity contribution is 7.89. The van der Waals surface area contributed by atoms with Crippen molar-refractivity contribution in [2.24, 2.45) is 5.14 Å². The van der Waals surface area contributed by atoms with Crippen LogP contribution in [0.1, 0.15) is 18.4 Å². The largest absolute Gasteiger partial charge is 0.324 e. The van der Waals surface area contributed by atoms with Gasteiger partial charge in [-0.25, -0.2) is 13.6 Å². The van der Waals surface area contributed by atoms with Gasteiger partial charge in [-0.1, -0.05) is 65.1 Å². The summed E-state index contributed by atoms with van der Waals surface area (Å²) >= 11 is 18.0. The molecule has 1 amide bonds. The predicted molar refractivity (Wildman–Crippen MR) is 132 cm³/mol. The number of anilines is 1. The summed E-state index contributed by atoms with van der Waals surface area (Å²) in [6.45, 7) is 1.59. The van der Waals surface area contributed by atoms with Gasteiger partial charge in [0.25, 0.3) is 10.1 Å². The number of primary sulfonamides is 1. The first-order chi connectivity index (χ1) is 15.7. The lowest BCUT2D eigenvalue weighted by molar-refractivity contribution is -0.117. The van der Waals surface area contributed by atoms with Gasteiger partial charge in [0, 0.05) is 5.02 Å². The highest BCUT2D eigenvalue weighted by Crippen LogP contribution is 2.36. The quantitative estimate of drug-likeness (QED) is 0.362. The summed E-state index contributed by atoms with van der Waals surface area (Å²) in [6, 6.07) is 13.1. The molecule has 180 valence electrons. The minimum atomic E-state index is -4.51. The Kier molecular flexibility index (Phi) is 7.63. The molecule has 4 N–H and O–H groups in total. The number of amides is 1. The second-order valence-electron chi connectivity index (χ2n) is 7.23. The Bertz CT molecular complexity index is 1510. The van der Waals surface area contributed by atoms with Gasteiger partial charge in [-0.3, -0.25) is 9.35 Å². The van der Waals surface area contributed by atoms with E-state index in [0.29, 0.717) is 16.7 Å². The number of benzene rings is 3. The minimum Gasteiger partial charge on any atom is -0.324 e. The van der Waals surface area contributed by atoms with Crippen LogP contribution in [0.3, 0.4) is 0 Å². The summed E-state index contributed by atoms with van der Waals surface area (Å²) < 4.78 is 56.1. The number of rotatable bonds is 6. The number of nitrogens with one attached hydrogen (secondary N) is 1. The summed E-state index contributed by atoms with van der Waals surface area (Å²) in [4.78, 5) is 12.2. The first kappa shape index (κ1) is 26.4. The first-order valence-electron chi connectivity index (χ1n) is 9.39. The van der Waals surface area contributed by atoms with Crippen molar-refractivity contribution in [1.82, 2.24) is 0 Å². The molecule has 0 heterocycles. The molecule has 0 aliphatic carbocycles. The van der Waals surface area contributed by atoms with Crippen LogP contribution < -0.4 is 10.5 Å². The Morgan fingerprint density at radius 2 is 1.62 bits per heavy atom. The van der Waals surface area contributed by atoms with E-state index < -0.39 is 41.8 Å². The molecule has 3 rings (SSSR count). The highest BCUT2D eigenvalue weighted by Gasteiger charge is 2.25. The van der Waals surface area contributed by atoms with Crippen LogP contribution in [-0.2, 0) is 24.9 Å². The Labute approximate surface area is 211 Å². The molecule has 0 saturated carbocycles. The van der Waals surface area contributed by atoms with Crippen molar-refractivity contribution in [3.8, 4) is 11.1 Å². The molecule has 1 unspecified atom stereocenters. The van der Waals surface area contributed by atoms with Crippen LogP contribution in [0.15, 0.2) is 64.4 Å². The van der Waals surface area contributed by atoms with Crippen LogP contribution in [0.5, 0.6) is 0 Å². The maximum atomic E-state index is 13.1. The summed E-state index contributed by atoms with van der Waals surface area (Å²) in [6.07, 6.45) is 0. The van der Waals surface area contributed by atoms with Crippen LogP contribution in [-0.4, -0.2) is 27.3 Å². The summed E-state index contributed by atoms with van der Waals surface area (Å²) in [5.74, 6) is -1.40. The number of carbonyl (C=O) groups is 1. The van der Waals surface area contributed by atoms with Gasteiger partial charge in [0.15, 0.2) is 0 Å². The molecule has 34 heavy (non-hydrogen) atoms. The van der Waals surface area contributed by atoms with E-state index in [2.05, 4.69) is 5.32 Å². The lowest BCUT2D eigenvalue weighted by atomic mass is 9.91. The van der Waals surface area contributed by atoms with Crippen LogP contribution >= 0.6 is 34.8 Å². The molecule has 1 atom stereocenters. The van der Waals surface area contributed by atoms with Gasteiger partial charge in [0.1, 0.15) is 9.79 Å². The molecule has 0 saturated heterocycles. The van der Waals surface area contributed by atoms with Gasteiger partial charge in [0.05, 0.1) is 21.7 Å². The molecule has 0 aliphatic rings. The van der Waals surface area contributed by atoms with E-state index in [-0.39, 0.29) is 20.8 Å². The number of hydrogen-bond acceptors (Lipinski definition) is 5. The van der Waals surface area contributed by atoms with E-state index in [1.54, 1.807) is 31.2 Å². The lowest BCUT2D eigenvalue weighted by Crippen LogP contribution is -2.22. The van der Waals surface area contributed by atoms with E-state index in [4.69, 9.17) is 39.9 Å². The van der Waals surface area contributed by atoms with Gasteiger partial charge < -0.3 is 5.32 Å². The number of hydrogen-bond donors (Lipinski definition) is 3. The average Bonchev–Trinajstić information content (AvgIpc) is 2.70. The van der Waals surface area contributed by atoms with Gasteiger partial charge >= 0.3 is 0 Å². The molecule has 3 aromatic rings. The van der Waals surface area contributed by atoms with E-state index in [9.17, 15) is 26.2 Å². The molecule has 0 aliphatic heterocycles. The Hall–Kier alpha value is -2.18. The average molecular weight is 564 g/mol. The monoisotopic (exact) mass is 562 g/mol. The molecule has 0 aromatic heterocycles. The number of nitrogens with two attached hydrogens (primary N) is 1. The normalized spacial score (nSPS) is 12.9. The number of carbonyl (C=O) groups excluding carboxylic acids is 1. The zero-order chi connectivity index (χ0) is 25.4. The zero-order valence-corrected chi connectivity index (χ0v) is 21.2. The van der Waals surface area contributed by atoms with E-state index in [0.717, 1.165) is 6.07 Å². The smallest absolute Gasteiger partial charge is 0.296 e. The Morgan fingerprint density at radius 3 is 2.21 bits per heavy atom. The molecule has 0 fully saturated rings. The SMILES string of the molecule is CC(C(=O)Nc1cc(Cl)cc(Cl)c1S(N)(=O)=O)c1ccccc1-c1ccc(S(=O)(=O)O)c(Cl)c1. The van der Waals surface area contributed by atoms with Crippen LogP contribution in [0, 0.1) is 0 Å². The van der Waals surface area contributed by atoms with Crippen LogP contribution in [0.4, 0.5) is 5.69 Å². The highest BCUT2D eigenvalue weighted by atomic mass is 35.5. The second kappa shape index (κ2) is 9.82. The fraction of sp³-hybridized carbons (Fsp3) is 0.0952. The molecule has 0 bridgehead atoms. The van der Waals surface area contributed by atoms with E-state index in [1.165, 1.54) is 24.3 Å². The third kappa shape index (κ3) is 5.72. The van der Waals surface area contributed by atoms with E-state index >= 15 is 0 Å². The molecular weight excluding hydrogens is 547 g/mol. The third-order valence-corrected chi connectivity index (χ3v) is 7.87. The topological polar surface area (TPSA) is 144 Å². The van der Waals surface area contributed by atoms with Gasteiger partial charge in [0.2, 0.25) is 15.9 Å². The first-order valence-corrected chi connectivity index (χ1v) is 13.5. The fourth-order valence-electron chi connectivity index (χ4n) is 3.34. The van der Waals surface area contributed by atoms with Gasteiger partial charge in [-0.05, 0) is 47.9 Å². The molecular formula is C21H17Cl3N2O6S2. The van der Waals surface area contributed by atoms with Gasteiger partial charge in [-0.15, -0.1) is 0 Å². The number of halogens is 3. The molecule has 8 nitrogen and oxygen atoms in total. The van der Waals surface area contributed by atoms with Crippen LogP contribution in [0.25, 0.3) is 11.1 Å². The van der Waals surface area contributed by atoms with Crippen molar-refractivity contribution in [3.05, 3.63) is 75.2 Å².